The van der Waals surface area contributed by atoms with Gasteiger partial charge in [0, 0.05) is 14.1 Å². The van der Waals surface area contributed by atoms with E-state index in [1.54, 1.807) is 30.2 Å². The number of anilines is 3. The van der Waals surface area contributed by atoms with Gasteiger partial charge in [-0.1, -0.05) is 36.4 Å². The standard InChI is InChI=1S/C24H24N6O3/c1-30(2)24-28-21(27-23(25)29-24)14-33-20-13-16-9-5-4-8-15(16)12-17(20)22(31)26-18-10-6-7-11-19(18)32-3/h4-13H,14H2,1-3H3,(H,26,31)(H2,25,27,28,29). The number of amides is 1. The number of fused-ring (bicyclic) bond motifs is 1. The summed E-state index contributed by atoms with van der Waals surface area (Å²) in [6, 6.07) is 18.6. The molecule has 4 rings (SSSR count). The largest absolute Gasteiger partial charge is 0.495 e. The molecular weight excluding hydrogens is 420 g/mol. The zero-order valence-electron chi connectivity index (χ0n) is 18.6. The van der Waals surface area contributed by atoms with Crippen LogP contribution in [-0.4, -0.2) is 42.1 Å². The number of carbonyl (C=O) groups excluding carboxylic acids is 1. The van der Waals surface area contributed by atoms with Gasteiger partial charge in [-0.3, -0.25) is 4.79 Å². The summed E-state index contributed by atoms with van der Waals surface area (Å²) in [7, 11) is 5.17. The second-order valence-electron chi connectivity index (χ2n) is 7.44. The number of hydrogen-bond donors (Lipinski definition) is 2. The van der Waals surface area contributed by atoms with Crippen LogP contribution in [0.2, 0.25) is 0 Å². The van der Waals surface area contributed by atoms with Crippen molar-refractivity contribution in [2.24, 2.45) is 0 Å². The van der Waals surface area contributed by atoms with Crippen molar-refractivity contribution in [3.05, 3.63) is 72.1 Å². The average molecular weight is 444 g/mol. The molecule has 0 unspecified atom stereocenters. The molecule has 1 aromatic heterocycles. The Kier molecular flexibility index (Phi) is 6.21. The molecule has 3 aromatic carbocycles. The van der Waals surface area contributed by atoms with Gasteiger partial charge < -0.3 is 25.4 Å². The summed E-state index contributed by atoms with van der Waals surface area (Å²) in [4.78, 5) is 27.6. The van der Waals surface area contributed by atoms with E-state index in [1.165, 1.54) is 0 Å². The lowest BCUT2D eigenvalue weighted by molar-refractivity contribution is 0.102. The summed E-state index contributed by atoms with van der Waals surface area (Å²) in [5.41, 5.74) is 6.74. The molecule has 0 radical (unpaired) electrons. The van der Waals surface area contributed by atoms with E-state index in [4.69, 9.17) is 15.2 Å². The van der Waals surface area contributed by atoms with Crippen LogP contribution >= 0.6 is 0 Å². The number of nitrogens with zero attached hydrogens (tertiary/aromatic N) is 4. The number of benzene rings is 3. The summed E-state index contributed by atoms with van der Waals surface area (Å²) >= 11 is 0. The van der Waals surface area contributed by atoms with Crippen LogP contribution < -0.4 is 25.4 Å². The molecule has 0 aliphatic carbocycles. The highest BCUT2D eigenvalue weighted by molar-refractivity contribution is 6.09. The van der Waals surface area contributed by atoms with E-state index in [2.05, 4.69) is 20.3 Å². The second kappa shape index (κ2) is 9.39. The Hall–Kier alpha value is -4.40. The SMILES string of the molecule is COc1ccccc1NC(=O)c1cc2ccccc2cc1OCc1nc(N)nc(N(C)C)n1. The third-order valence-electron chi connectivity index (χ3n) is 4.89. The molecule has 9 nitrogen and oxygen atoms in total. The lowest BCUT2D eigenvalue weighted by atomic mass is 10.1. The van der Waals surface area contributed by atoms with Crippen molar-refractivity contribution in [3.8, 4) is 11.5 Å². The lowest BCUT2D eigenvalue weighted by Crippen LogP contribution is -2.17. The third kappa shape index (κ3) is 4.93. The van der Waals surface area contributed by atoms with Gasteiger partial charge in [0.25, 0.3) is 5.91 Å². The van der Waals surface area contributed by atoms with Crippen LogP contribution in [0, 0.1) is 0 Å². The minimum absolute atomic E-state index is 0.0147. The second-order valence-corrected chi connectivity index (χ2v) is 7.44. The summed E-state index contributed by atoms with van der Waals surface area (Å²) in [5.74, 6) is 1.51. The van der Waals surface area contributed by atoms with Gasteiger partial charge in [-0.15, -0.1) is 0 Å². The van der Waals surface area contributed by atoms with Gasteiger partial charge in [0.2, 0.25) is 11.9 Å². The minimum atomic E-state index is -0.329. The Morgan fingerprint density at radius 3 is 2.39 bits per heavy atom. The summed E-state index contributed by atoms with van der Waals surface area (Å²) in [6.07, 6.45) is 0. The molecule has 0 fully saturated rings. The molecule has 33 heavy (non-hydrogen) atoms. The number of para-hydroxylation sites is 2. The molecule has 0 aliphatic heterocycles. The number of carbonyl (C=O) groups is 1. The Morgan fingerprint density at radius 1 is 0.970 bits per heavy atom. The molecule has 0 saturated heterocycles. The Balaban J connectivity index is 1.67. The van der Waals surface area contributed by atoms with Gasteiger partial charge in [0.05, 0.1) is 18.4 Å². The molecule has 0 bridgehead atoms. The first kappa shape index (κ1) is 21.8. The number of rotatable bonds is 7. The Morgan fingerprint density at radius 2 is 1.67 bits per heavy atom. The van der Waals surface area contributed by atoms with Crippen molar-refractivity contribution in [2.45, 2.75) is 6.61 Å². The van der Waals surface area contributed by atoms with Crippen LogP contribution in [0.4, 0.5) is 17.6 Å². The van der Waals surface area contributed by atoms with E-state index in [9.17, 15) is 4.79 Å². The quantitative estimate of drug-likeness (QED) is 0.445. The molecule has 4 aromatic rings. The van der Waals surface area contributed by atoms with Gasteiger partial charge in [0.15, 0.2) is 5.82 Å². The zero-order chi connectivity index (χ0) is 23.4. The van der Waals surface area contributed by atoms with E-state index in [0.717, 1.165) is 10.8 Å². The summed E-state index contributed by atoms with van der Waals surface area (Å²) in [6.45, 7) is 0.0147. The first-order chi connectivity index (χ1) is 15.9. The predicted octanol–water partition coefficient (Wildman–Crippen LogP) is 3.51. The monoisotopic (exact) mass is 444 g/mol. The van der Waals surface area contributed by atoms with E-state index < -0.39 is 0 Å². The number of ether oxygens (including phenoxy) is 2. The Bertz CT molecular complexity index is 1310. The number of nitrogens with one attached hydrogen (secondary N) is 1. The minimum Gasteiger partial charge on any atom is -0.495 e. The summed E-state index contributed by atoms with van der Waals surface area (Å²) in [5, 5.41) is 4.75. The third-order valence-corrected chi connectivity index (χ3v) is 4.89. The van der Waals surface area contributed by atoms with Crippen LogP contribution in [0.25, 0.3) is 10.8 Å². The number of methoxy groups -OCH3 is 1. The highest BCUT2D eigenvalue weighted by Crippen LogP contribution is 2.29. The zero-order valence-corrected chi connectivity index (χ0v) is 18.6. The van der Waals surface area contributed by atoms with Crippen molar-refractivity contribution in [1.82, 2.24) is 15.0 Å². The van der Waals surface area contributed by atoms with Crippen LogP contribution in [0.15, 0.2) is 60.7 Å². The molecular formula is C24H24N6O3. The first-order valence-corrected chi connectivity index (χ1v) is 10.2. The van der Waals surface area contributed by atoms with Gasteiger partial charge in [-0.25, -0.2) is 0 Å². The van der Waals surface area contributed by atoms with E-state index in [1.807, 2.05) is 56.6 Å². The molecule has 9 heteroatoms. The van der Waals surface area contributed by atoms with Crippen molar-refractivity contribution in [1.29, 1.82) is 0 Å². The number of nitrogens with two attached hydrogens (primary N) is 1. The molecule has 1 amide bonds. The fraction of sp³-hybridized carbons (Fsp3) is 0.167. The van der Waals surface area contributed by atoms with Crippen molar-refractivity contribution in [3.63, 3.8) is 0 Å². The lowest BCUT2D eigenvalue weighted by Gasteiger charge is -2.15. The van der Waals surface area contributed by atoms with E-state index >= 15 is 0 Å². The van der Waals surface area contributed by atoms with Gasteiger partial charge in [-0.05, 0) is 35.0 Å². The van der Waals surface area contributed by atoms with Crippen LogP contribution in [-0.2, 0) is 6.61 Å². The molecule has 168 valence electrons. The summed E-state index contributed by atoms with van der Waals surface area (Å²) < 4.78 is 11.4. The van der Waals surface area contributed by atoms with Gasteiger partial charge in [-0.2, -0.15) is 15.0 Å². The molecule has 0 atom stereocenters. The number of aromatic nitrogens is 3. The van der Waals surface area contributed by atoms with Crippen molar-refractivity contribution >= 4 is 34.3 Å². The highest BCUT2D eigenvalue weighted by atomic mass is 16.5. The van der Waals surface area contributed by atoms with Crippen LogP contribution in [0.1, 0.15) is 16.2 Å². The maximum Gasteiger partial charge on any atom is 0.259 e. The first-order valence-electron chi connectivity index (χ1n) is 10.2. The number of nitrogen functional groups attached to an aromatic ring is 1. The van der Waals surface area contributed by atoms with Crippen molar-refractivity contribution < 1.29 is 14.3 Å². The topological polar surface area (TPSA) is 115 Å². The van der Waals surface area contributed by atoms with Crippen LogP contribution in [0.3, 0.4) is 0 Å². The average Bonchev–Trinajstić information content (AvgIpc) is 2.82. The van der Waals surface area contributed by atoms with E-state index in [0.29, 0.717) is 34.5 Å². The predicted molar refractivity (Wildman–Crippen MR) is 128 cm³/mol. The van der Waals surface area contributed by atoms with Gasteiger partial charge in [0.1, 0.15) is 18.1 Å². The van der Waals surface area contributed by atoms with Gasteiger partial charge >= 0.3 is 0 Å². The Labute approximate surface area is 191 Å². The van der Waals surface area contributed by atoms with Crippen LogP contribution in [0.5, 0.6) is 11.5 Å². The maximum absolute atomic E-state index is 13.2. The molecule has 0 aliphatic rings. The smallest absolute Gasteiger partial charge is 0.259 e. The molecule has 0 saturated carbocycles. The maximum atomic E-state index is 13.2. The normalized spacial score (nSPS) is 10.6. The molecule has 1 heterocycles. The fourth-order valence-corrected chi connectivity index (χ4v) is 3.29. The fourth-order valence-electron chi connectivity index (χ4n) is 3.29. The molecule has 0 spiro atoms. The number of hydrogen-bond acceptors (Lipinski definition) is 8. The van der Waals surface area contributed by atoms with Crippen molar-refractivity contribution in [2.75, 3.05) is 37.2 Å². The highest BCUT2D eigenvalue weighted by Gasteiger charge is 2.17. The van der Waals surface area contributed by atoms with E-state index in [-0.39, 0.29) is 18.5 Å². The molecule has 3 N–H and O–H groups in total.